The molecule has 1 aromatic heterocycles. The molecule has 0 atom stereocenters. The van der Waals surface area contributed by atoms with Crippen molar-refractivity contribution in [3.63, 3.8) is 0 Å². The summed E-state index contributed by atoms with van der Waals surface area (Å²) < 4.78 is 15.0. The fraction of sp³-hybridized carbons (Fsp3) is 0.167. The highest BCUT2D eigenvalue weighted by molar-refractivity contribution is 9.11. The molecular formula is C12H9Br2FN2S. The predicted octanol–water partition coefficient (Wildman–Crippen LogP) is 5.03. The van der Waals surface area contributed by atoms with Gasteiger partial charge in [0.2, 0.25) is 0 Å². The van der Waals surface area contributed by atoms with Gasteiger partial charge in [-0.3, -0.25) is 0 Å². The summed E-state index contributed by atoms with van der Waals surface area (Å²) in [6.45, 7) is 2.02. The fourth-order valence-electron chi connectivity index (χ4n) is 1.56. The predicted molar refractivity (Wildman–Crippen MR) is 79.6 cm³/mol. The second kappa shape index (κ2) is 5.59. The Morgan fingerprint density at radius 1 is 1.39 bits per heavy atom. The zero-order valence-corrected chi connectivity index (χ0v) is 13.4. The van der Waals surface area contributed by atoms with E-state index in [4.69, 9.17) is 12.2 Å². The van der Waals surface area contributed by atoms with Crippen molar-refractivity contribution in [1.82, 2.24) is 9.97 Å². The van der Waals surface area contributed by atoms with E-state index < -0.39 is 0 Å². The Kier molecular flexibility index (Phi) is 4.29. The average molecular weight is 392 g/mol. The highest BCUT2D eigenvalue weighted by Gasteiger charge is 2.10. The van der Waals surface area contributed by atoms with E-state index in [1.54, 1.807) is 6.07 Å². The average Bonchev–Trinajstić information content (AvgIpc) is 2.32. The minimum absolute atomic E-state index is 0.294. The van der Waals surface area contributed by atoms with Gasteiger partial charge in [-0.05, 0) is 56.5 Å². The largest absolute Gasteiger partial charge is 0.342 e. The third-order valence-electron chi connectivity index (χ3n) is 2.48. The van der Waals surface area contributed by atoms with Crippen molar-refractivity contribution in [3.05, 3.63) is 43.3 Å². The second-order valence-corrected chi connectivity index (χ2v) is 5.69. The smallest absolute Gasteiger partial charge is 0.144 e. The van der Waals surface area contributed by atoms with Crippen molar-refractivity contribution < 1.29 is 4.39 Å². The highest BCUT2D eigenvalue weighted by Crippen LogP contribution is 2.28. The van der Waals surface area contributed by atoms with Gasteiger partial charge in [-0.1, -0.05) is 19.1 Å². The Hall–Kier alpha value is -0.590. The van der Waals surface area contributed by atoms with Crippen LogP contribution in [0, 0.1) is 10.5 Å². The number of aromatic nitrogens is 2. The van der Waals surface area contributed by atoms with Crippen LogP contribution in [0.5, 0.6) is 0 Å². The number of rotatable bonds is 2. The monoisotopic (exact) mass is 390 g/mol. The lowest BCUT2D eigenvalue weighted by Crippen LogP contribution is -1.98. The molecule has 2 nitrogen and oxygen atoms in total. The van der Waals surface area contributed by atoms with E-state index in [1.165, 1.54) is 12.1 Å². The molecule has 1 heterocycles. The molecule has 0 aliphatic rings. The number of hydrogen-bond donors (Lipinski definition) is 1. The molecular weight excluding hydrogens is 383 g/mol. The van der Waals surface area contributed by atoms with Crippen LogP contribution in [-0.2, 0) is 6.42 Å². The van der Waals surface area contributed by atoms with Gasteiger partial charge in [-0.25, -0.2) is 9.37 Å². The van der Waals surface area contributed by atoms with E-state index in [-0.39, 0.29) is 5.82 Å². The lowest BCUT2D eigenvalue weighted by molar-refractivity contribution is 0.627. The number of aromatic amines is 1. The number of H-pyrrole nitrogens is 1. The number of benzene rings is 1. The molecule has 0 aliphatic heterocycles. The summed E-state index contributed by atoms with van der Waals surface area (Å²) in [7, 11) is 0. The van der Waals surface area contributed by atoms with Gasteiger partial charge < -0.3 is 4.98 Å². The standard InChI is InChI=1S/C12H9Br2FN2S/c1-2-9-10(14)12(18)17-11(16-9)7-4-3-6(15)5-8(7)13/h3-5H,2H2,1H3,(H,16,17,18). The summed E-state index contributed by atoms with van der Waals surface area (Å²) in [5, 5.41) is 0. The van der Waals surface area contributed by atoms with Crippen molar-refractivity contribution in [3.8, 4) is 11.4 Å². The third kappa shape index (κ3) is 2.70. The molecule has 6 heteroatoms. The molecule has 0 unspecified atom stereocenters. The number of halogens is 3. The maximum Gasteiger partial charge on any atom is 0.144 e. The Morgan fingerprint density at radius 3 is 2.72 bits per heavy atom. The third-order valence-corrected chi connectivity index (χ3v) is 4.54. The molecule has 0 bridgehead atoms. The highest BCUT2D eigenvalue weighted by atomic mass is 79.9. The van der Waals surface area contributed by atoms with Gasteiger partial charge in [0.05, 0.1) is 4.47 Å². The van der Waals surface area contributed by atoms with E-state index in [0.717, 1.165) is 22.2 Å². The van der Waals surface area contributed by atoms with Crippen LogP contribution in [0.1, 0.15) is 12.6 Å². The molecule has 1 N–H and O–H groups in total. The summed E-state index contributed by atoms with van der Waals surface area (Å²) >= 11 is 11.9. The SMILES string of the molecule is CCc1[nH]c(-c2ccc(F)cc2Br)nc(=S)c1Br. The molecule has 0 spiro atoms. The number of nitrogens with one attached hydrogen (secondary N) is 1. The van der Waals surface area contributed by atoms with E-state index in [0.29, 0.717) is 14.9 Å². The maximum absolute atomic E-state index is 13.1. The zero-order chi connectivity index (χ0) is 13.3. The summed E-state index contributed by atoms with van der Waals surface area (Å²) in [5.74, 6) is 0.337. The number of aryl methyl sites for hydroxylation is 1. The first kappa shape index (κ1) is 13.8. The van der Waals surface area contributed by atoms with Crippen LogP contribution < -0.4 is 0 Å². The lowest BCUT2D eigenvalue weighted by atomic mass is 10.2. The van der Waals surface area contributed by atoms with Crippen molar-refractivity contribution in [2.75, 3.05) is 0 Å². The van der Waals surface area contributed by atoms with Gasteiger partial charge in [0, 0.05) is 15.7 Å². The molecule has 18 heavy (non-hydrogen) atoms. The van der Waals surface area contributed by atoms with Gasteiger partial charge in [-0.15, -0.1) is 0 Å². The Morgan fingerprint density at radius 2 is 2.11 bits per heavy atom. The molecule has 0 fully saturated rings. The van der Waals surface area contributed by atoms with Gasteiger partial charge in [0.1, 0.15) is 16.3 Å². The second-order valence-electron chi connectivity index (χ2n) is 3.66. The van der Waals surface area contributed by atoms with Crippen LogP contribution in [-0.4, -0.2) is 9.97 Å². The van der Waals surface area contributed by atoms with Crippen molar-refractivity contribution in [1.29, 1.82) is 0 Å². The van der Waals surface area contributed by atoms with Crippen LogP contribution in [0.4, 0.5) is 4.39 Å². The van der Waals surface area contributed by atoms with Crippen LogP contribution >= 0.6 is 44.1 Å². The lowest BCUT2D eigenvalue weighted by Gasteiger charge is -2.08. The van der Waals surface area contributed by atoms with Crippen molar-refractivity contribution in [2.24, 2.45) is 0 Å². The first-order chi connectivity index (χ1) is 8.52. The molecule has 94 valence electrons. The van der Waals surface area contributed by atoms with Gasteiger partial charge in [0.25, 0.3) is 0 Å². The zero-order valence-electron chi connectivity index (χ0n) is 9.43. The molecule has 0 radical (unpaired) electrons. The van der Waals surface area contributed by atoms with Crippen LogP contribution in [0.2, 0.25) is 0 Å². The Bertz CT molecular complexity index is 655. The van der Waals surface area contributed by atoms with Gasteiger partial charge in [-0.2, -0.15) is 0 Å². The number of nitrogens with zero attached hydrogens (tertiary/aromatic N) is 1. The molecule has 2 aromatic rings. The van der Waals surface area contributed by atoms with E-state index in [1.807, 2.05) is 6.92 Å². The van der Waals surface area contributed by atoms with Crippen molar-refractivity contribution in [2.45, 2.75) is 13.3 Å². The molecule has 0 saturated carbocycles. The molecule has 0 amide bonds. The minimum Gasteiger partial charge on any atom is -0.342 e. The quantitative estimate of drug-likeness (QED) is 0.727. The summed E-state index contributed by atoms with van der Waals surface area (Å²) in [4.78, 5) is 7.50. The normalized spacial score (nSPS) is 10.7. The topological polar surface area (TPSA) is 28.7 Å². The van der Waals surface area contributed by atoms with Crippen LogP contribution in [0.15, 0.2) is 27.1 Å². The molecule has 1 aromatic carbocycles. The molecule has 2 rings (SSSR count). The Labute approximate surface area is 126 Å². The Balaban J connectivity index is 2.64. The van der Waals surface area contributed by atoms with E-state index in [2.05, 4.69) is 41.8 Å². The van der Waals surface area contributed by atoms with Crippen LogP contribution in [0.3, 0.4) is 0 Å². The summed E-state index contributed by atoms with van der Waals surface area (Å²) in [6.07, 6.45) is 0.804. The van der Waals surface area contributed by atoms with E-state index >= 15 is 0 Å². The summed E-state index contributed by atoms with van der Waals surface area (Å²) in [5.41, 5.74) is 1.76. The van der Waals surface area contributed by atoms with Gasteiger partial charge >= 0.3 is 0 Å². The molecule has 0 saturated heterocycles. The number of hydrogen-bond acceptors (Lipinski definition) is 2. The van der Waals surface area contributed by atoms with Crippen molar-refractivity contribution >= 4 is 44.1 Å². The first-order valence-electron chi connectivity index (χ1n) is 5.27. The first-order valence-corrected chi connectivity index (χ1v) is 7.26. The fourth-order valence-corrected chi connectivity index (χ4v) is 2.78. The summed E-state index contributed by atoms with van der Waals surface area (Å²) in [6, 6.07) is 4.47. The van der Waals surface area contributed by atoms with Gasteiger partial charge in [0.15, 0.2) is 0 Å². The van der Waals surface area contributed by atoms with E-state index in [9.17, 15) is 4.39 Å². The molecule has 0 aliphatic carbocycles. The maximum atomic E-state index is 13.1. The minimum atomic E-state index is -0.294. The van der Waals surface area contributed by atoms with Crippen LogP contribution in [0.25, 0.3) is 11.4 Å².